The predicted octanol–water partition coefficient (Wildman–Crippen LogP) is 0.756. The van der Waals surface area contributed by atoms with Crippen molar-refractivity contribution in [3.63, 3.8) is 0 Å². The average molecular weight is 257 g/mol. The molecule has 0 fully saturated rings. The van der Waals surface area contributed by atoms with E-state index in [0.717, 1.165) is 5.56 Å². The first-order chi connectivity index (χ1) is 9.08. The number of Topliss-reactive ketones (excluding diaryl/α,β-unsaturated/α-hetero) is 1. The van der Waals surface area contributed by atoms with Crippen molar-refractivity contribution >= 4 is 11.8 Å². The van der Waals surface area contributed by atoms with Crippen LogP contribution in [0.1, 0.15) is 28.4 Å². The number of hydrogen-bond donors (Lipinski definition) is 0. The van der Waals surface area contributed by atoms with Crippen molar-refractivity contribution < 1.29 is 14.7 Å². The van der Waals surface area contributed by atoms with Gasteiger partial charge in [-0.25, -0.2) is 4.98 Å². The number of carboxylic acids is 1. The smallest absolute Gasteiger partial charge is 0.165 e. The molecule has 1 atom stereocenters. The predicted molar refractivity (Wildman–Crippen MR) is 66.4 cm³/mol. The van der Waals surface area contributed by atoms with E-state index in [-0.39, 0.29) is 12.2 Å². The Balaban J connectivity index is 2.16. The van der Waals surface area contributed by atoms with Gasteiger partial charge >= 0.3 is 0 Å². The van der Waals surface area contributed by atoms with Crippen LogP contribution in [0.15, 0.2) is 43.0 Å². The third-order valence-electron chi connectivity index (χ3n) is 2.91. The Morgan fingerprint density at radius 2 is 2.00 bits per heavy atom. The average Bonchev–Trinajstić information content (AvgIpc) is 2.89. The lowest BCUT2D eigenvalue weighted by atomic mass is 10.0. The van der Waals surface area contributed by atoms with Crippen LogP contribution in [0.2, 0.25) is 0 Å². The van der Waals surface area contributed by atoms with Crippen LogP contribution < -0.4 is 5.11 Å². The van der Waals surface area contributed by atoms with E-state index in [1.807, 2.05) is 19.1 Å². The standard InChI is InChI=1S/C14H14N2O3/c1-10-2-4-11(5-3-10)13(17)8-12(14(18)19)16-7-6-15-9-16/h2-7,9,12H,8H2,1H3,(H,18,19)/p-1/t12-/m1/s1. The quantitative estimate of drug-likeness (QED) is 0.741. The van der Waals surface area contributed by atoms with Gasteiger partial charge in [-0.05, 0) is 6.92 Å². The van der Waals surface area contributed by atoms with Crippen LogP contribution in [0.25, 0.3) is 0 Å². The lowest BCUT2D eigenvalue weighted by molar-refractivity contribution is -0.310. The molecule has 1 aromatic heterocycles. The van der Waals surface area contributed by atoms with Gasteiger partial charge in [0.25, 0.3) is 0 Å². The third-order valence-corrected chi connectivity index (χ3v) is 2.91. The van der Waals surface area contributed by atoms with Gasteiger partial charge in [0.15, 0.2) is 5.78 Å². The molecule has 5 heteroatoms. The lowest BCUT2D eigenvalue weighted by Crippen LogP contribution is -2.34. The van der Waals surface area contributed by atoms with E-state index in [1.54, 1.807) is 12.1 Å². The molecule has 2 aromatic rings. The molecule has 0 spiro atoms. The summed E-state index contributed by atoms with van der Waals surface area (Å²) in [6, 6.07) is 5.99. The third kappa shape index (κ3) is 3.07. The molecule has 0 aliphatic heterocycles. The monoisotopic (exact) mass is 257 g/mol. The van der Waals surface area contributed by atoms with Crippen LogP contribution in [0.5, 0.6) is 0 Å². The van der Waals surface area contributed by atoms with Crippen molar-refractivity contribution in [2.45, 2.75) is 19.4 Å². The number of carboxylic acid groups (broad SMARTS) is 1. The number of rotatable bonds is 5. The molecule has 19 heavy (non-hydrogen) atoms. The van der Waals surface area contributed by atoms with Crippen LogP contribution in [0, 0.1) is 6.92 Å². The lowest BCUT2D eigenvalue weighted by Gasteiger charge is -2.18. The van der Waals surface area contributed by atoms with Crippen molar-refractivity contribution in [3.05, 3.63) is 54.1 Å². The minimum atomic E-state index is -1.29. The Morgan fingerprint density at radius 3 is 2.53 bits per heavy atom. The number of carbonyl (C=O) groups is 2. The Hall–Kier alpha value is -2.43. The Bertz CT molecular complexity index is 573. The summed E-state index contributed by atoms with van der Waals surface area (Å²) in [4.78, 5) is 26.9. The van der Waals surface area contributed by atoms with E-state index in [2.05, 4.69) is 4.98 Å². The van der Waals surface area contributed by atoms with Crippen molar-refractivity contribution in [1.82, 2.24) is 9.55 Å². The van der Waals surface area contributed by atoms with E-state index in [0.29, 0.717) is 5.56 Å². The second-order valence-corrected chi connectivity index (χ2v) is 4.34. The molecule has 0 aliphatic carbocycles. The molecule has 98 valence electrons. The molecule has 0 bridgehead atoms. The number of aliphatic carboxylic acids is 1. The highest BCUT2D eigenvalue weighted by atomic mass is 16.4. The van der Waals surface area contributed by atoms with Crippen LogP contribution >= 0.6 is 0 Å². The maximum atomic E-state index is 12.0. The minimum absolute atomic E-state index is 0.151. The molecular weight excluding hydrogens is 244 g/mol. The number of nitrogens with zero attached hydrogens (tertiary/aromatic N) is 2. The summed E-state index contributed by atoms with van der Waals surface area (Å²) in [6.45, 7) is 1.92. The second kappa shape index (κ2) is 5.48. The SMILES string of the molecule is Cc1ccc(C(=O)C[C@H](C(=O)[O-])n2ccnc2)cc1. The summed E-state index contributed by atoms with van der Waals surface area (Å²) >= 11 is 0. The molecule has 0 saturated heterocycles. The van der Waals surface area contributed by atoms with Crippen LogP contribution in [-0.4, -0.2) is 21.3 Å². The number of aromatic nitrogens is 2. The van der Waals surface area contributed by atoms with E-state index in [1.165, 1.54) is 23.3 Å². The van der Waals surface area contributed by atoms with Crippen LogP contribution in [-0.2, 0) is 4.79 Å². The fourth-order valence-corrected chi connectivity index (χ4v) is 1.80. The summed E-state index contributed by atoms with van der Waals surface area (Å²) < 4.78 is 1.36. The highest BCUT2D eigenvalue weighted by molar-refractivity contribution is 5.98. The number of imidazole rings is 1. The Kier molecular flexibility index (Phi) is 3.75. The van der Waals surface area contributed by atoms with Gasteiger partial charge in [0, 0.05) is 24.4 Å². The Morgan fingerprint density at radius 1 is 1.32 bits per heavy atom. The van der Waals surface area contributed by atoms with E-state index in [4.69, 9.17) is 0 Å². The van der Waals surface area contributed by atoms with Gasteiger partial charge in [-0.3, -0.25) is 4.79 Å². The van der Waals surface area contributed by atoms with Gasteiger partial charge in [0.1, 0.15) is 0 Å². The molecular formula is C14H13N2O3-. The van der Waals surface area contributed by atoms with Gasteiger partial charge in [-0.15, -0.1) is 0 Å². The number of hydrogen-bond acceptors (Lipinski definition) is 4. The minimum Gasteiger partial charge on any atom is -0.548 e. The van der Waals surface area contributed by atoms with Crippen molar-refractivity contribution in [2.24, 2.45) is 0 Å². The maximum absolute atomic E-state index is 12.0. The van der Waals surface area contributed by atoms with Crippen LogP contribution in [0.3, 0.4) is 0 Å². The maximum Gasteiger partial charge on any atom is 0.165 e. The van der Waals surface area contributed by atoms with Gasteiger partial charge in [-0.1, -0.05) is 29.8 Å². The fraction of sp³-hybridized carbons (Fsp3) is 0.214. The van der Waals surface area contributed by atoms with Gasteiger partial charge in [0.2, 0.25) is 0 Å². The first-order valence-corrected chi connectivity index (χ1v) is 5.86. The molecule has 1 heterocycles. The number of ketones is 1. The first-order valence-electron chi connectivity index (χ1n) is 5.86. The highest BCUT2D eigenvalue weighted by Crippen LogP contribution is 2.15. The topological polar surface area (TPSA) is 75.0 Å². The molecule has 0 radical (unpaired) electrons. The van der Waals surface area contributed by atoms with Crippen LogP contribution in [0.4, 0.5) is 0 Å². The number of benzene rings is 1. The first kappa shape index (κ1) is 13.0. The molecule has 0 N–H and O–H groups in total. The fourth-order valence-electron chi connectivity index (χ4n) is 1.80. The van der Waals surface area contributed by atoms with Crippen molar-refractivity contribution in [2.75, 3.05) is 0 Å². The largest absolute Gasteiger partial charge is 0.548 e. The zero-order chi connectivity index (χ0) is 13.8. The molecule has 2 rings (SSSR count). The van der Waals surface area contributed by atoms with E-state index >= 15 is 0 Å². The molecule has 0 aliphatic rings. The molecule has 1 aromatic carbocycles. The summed E-state index contributed by atoms with van der Waals surface area (Å²) in [5.74, 6) is -1.53. The second-order valence-electron chi connectivity index (χ2n) is 4.34. The normalized spacial score (nSPS) is 12.1. The zero-order valence-corrected chi connectivity index (χ0v) is 10.4. The van der Waals surface area contributed by atoms with E-state index in [9.17, 15) is 14.7 Å². The summed E-state index contributed by atoms with van der Waals surface area (Å²) in [6.07, 6.45) is 4.18. The number of aryl methyl sites for hydroxylation is 1. The molecule has 0 amide bonds. The summed E-state index contributed by atoms with van der Waals surface area (Å²) in [7, 11) is 0. The van der Waals surface area contributed by atoms with Crippen molar-refractivity contribution in [3.8, 4) is 0 Å². The zero-order valence-electron chi connectivity index (χ0n) is 10.4. The molecule has 0 unspecified atom stereocenters. The summed E-state index contributed by atoms with van der Waals surface area (Å²) in [5.41, 5.74) is 1.54. The van der Waals surface area contributed by atoms with Gasteiger partial charge in [0.05, 0.1) is 18.3 Å². The summed E-state index contributed by atoms with van der Waals surface area (Å²) in [5, 5.41) is 11.1. The van der Waals surface area contributed by atoms with Crippen molar-refractivity contribution in [1.29, 1.82) is 0 Å². The van der Waals surface area contributed by atoms with E-state index < -0.39 is 12.0 Å². The molecule has 0 saturated carbocycles. The highest BCUT2D eigenvalue weighted by Gasteiger charge is 2.17. The van der Waals surface area contributed by atoms with Gasteiger partial charge in [-0.2, -0.15) is 0 Å². The number of carbonyl (C=O) groups excluding carboxylic acids is 2. The van der Waals surface area contributed by atoms with Gasteiger partial charge < -0.3 is 14.5 Å². The Labute approximate surface area is 110 Å². The molecule has 5 nitrogen and oxygen atoms in total.